The number of carbonyl (C=O) groups is 3. The van der Waals surface area contributed by atoms with E-state index in [1.54, 1.807) is 0 Å². The first-order valence-electron chi connectivity index (χ1n) is 5.45. The van der Waals surface area contributed by atoms with Crippen LogP contribution < -0.4 is 5.32 Å². The third kappa shape index (κ3) is 3.82. The van der Waals surface area contributed by atoms with Crippen LogP contribution in [0.1, 0.15) is 0 Å². The lowest BCUT2D eigenvalue weighted by Crippen LogP contribution is -2.43. The Morgan fingerprint density at radius 2 is 2.00 bits per heavy atom. The zero-order chi connectivity index (χ0) is 14.4. The number of amides is 1. The van der Waals surface area contributed by atoms with E-state index in [0.29, 0.717) is 0 Å². The lowest BCUT2D eigenvalue weighted by molar-refractivity contribution is -0.144. The van der Waals surface area contributed by atoms with E-state index in [1.165, 1.54) is 32.4 Å². The smallest absolute Gasteiger partial charge is 0.337 e. The Balaban J connectivity index is 2.96. The van der Waals surface area contributed by atoms with Gasteiger partial charge in [0.2, 0.25) is 5.91 Å². The number of esters is 2. The summed E-state index contributed by atoms with van der Waals surface area (Å²) in [4.78, 5) is 34.3. The van der Waals surface area contributed by atoms with Crippen molar-refractivity contribution in [3.8, 4) is 0 Å². The number of ether oxygens (including phenoxy) is 2. The second-order valence-electron chi connectivity index (χ2n) is 3.75. The molecule has 0 heterocycles. The first-order valence-corrected chi connectivity index (χ1v) is 5.98. The van der Waals surface area contributed by atoms with Crippen molar-refractivity contribution in [1.29, 1.82) is 0 Å². The fourth-order valence-corrected chi connectivity index (χ4v) is 1.73. The predicted molar refractivity (Wildman–Crippen MR) is 67.4 cm³/mol. The van der Waals surface area contributed by atoms with Crippen molar-refractivity contribution in [1.82, 2.24) is 5.32 Å². The van der Waals surface area contributed by atoms with Crippen LogP contribution in [-0.2, 0) is 23.9 Å². The molecule has 0 fully saturated rings. The molecule has 1 aliphatic carbocycles. The zero-order valence-corrected chi connectivity index (χ0v) is 11.3. The maximum Gasteiger partial charge on any atom is 0.337 e. The van der Waals surface area contributed by atoms with Gasteiger partial charge >= 0.3 is 11.9 Å². The summed E-state index contributed by atoms with van der Waals surface area (Å²) in [5.41, 5.74) is 0.252. The highest BCUT2D eigenvalue weighted by molar-refractivity contribution is 6.27. The summed E-state index contributed by atoms with van der Waals surface area (Å²) in [5, 5.41) is 2.54. The van der Waals surface area contributed by atoms with Crippen LogP contribution in [-0.4, -0.2) is 44.0 Å². The second-order valence-corrected chi connectivity index (χ2v) is 4.02. The van der Waals surface area contributed by atoms with Crippen molar-refractivity contribution in [2.24, 2.45) is 5.92 Å². The van der Waals surface area contributed by atoms with E-state index in [1.807, 2.05) is 0 Å². The van der Waals surface area contributed by atoms with E-state index in [-0.39, 0.29) is 11.5 Å². The number of methoxy groups -OCH3 is 2. The number of rotatable bonds is 4. The molecular formula is C12H14ClNO5. The van der Waals surface area contributed by atoms with Crippen molar-refractivity contribution in [2.75, 3.05) is 20.1 Å². The molecule has 104 valence electrons. The molecule has 2 unspecified atom stereocenters. The molecule has 0 radical (unpaired) electrons. The van der Waals surface area contributed by atoms with E-state index in [2.05, 4.69) is 14.8 Å². The van der Waals surface area contributed by atoms with Crippen LogP contribution in [0.3, 0.4) is 0 Å². The monoisotopic (exact) mass is 287 g/mol. The molecule has 0 aromatic heterocycles. The van der Waals surface area contributed by atoms with Gasteiger partial charge in [0.25, 0.3) is 0 Å². The Bertz CT molecular complexity index is 443. The van der Waals surface area contributed by atoms with Gasteiger partial charge in [0.15, 0.2) is 0 Å². The molecule has 0 saturated heterocycles. The van der Waals surface area contributed by atoms with Crippen molar-refractivity contribution < 1.29 is 23.9 Å². The number of hydrogen-bond acceptors (Lipinski definition) is 5. The Labute approximate surface area is 115 Å². The molecular weight excluding hydrogens is 274 g/mol. The van der Waals surface area contributed by atoms with Crippen LogP contribution >= 0.6 is 11.6 Å². The maximum absolute atomic E-state index is 11.6. The molecule has 1 amide bonds. The number of carbonyl (C=O) groups excluding carboxylic acids is 3. The quantitative estimate of drug-likeness (QED) is 0.589. The third-order valence-electron chi connectivity index (χ3n) is 2.57. The Morgan fingerprint density at radius 1 is 1.32 bits per heavy atom. The molecule has 0 spiro atoms. The van der Waals surface area contributed by atoms with Crippen molar-refractivity contribution in [3.63, 3.8) is 0 Å². The molecule has 19 heavy (non-hydrogen) atoms. The van der Waals surface area contributed by atoms with E-state index < -0.39 is 29.8 Å². The van der Waals surface area contributed by atoms with Crippen molar-refractivity contribution in [3.05, 3.63) is 23.8 Å². The fraction of sp³-hybridized carbons (Fsp3) is 0.417. The van der Waals surface area contributed by atoms with Crippen LogP contribution in [0.5, 0.6) is 0 Å². The van der Waals surface area contributed by atoms with E-state index in [9.17, 15) is 14.4 Å². The predicted octanol–water partition coefficient (Wildman–Crippen LogP) is 0.168. The summed E-state index contributed by atoms with van der Waals surface area (Å²) in [6, 6.07) is -0.696. The third-order valence-corrected chi connectivity index (χ3v) is 2.82. The van der Waals surface area contributed by atoms with Gasteiger partial charge in [0, 0.05) is 0 Å². The van der Waals surface area contributed by atoms with Crippen LogP contribution in [0.4, 0.5) is 0 Å². The molecule has 1 aliphatic rings. The molecule has 1 rings (SSSR count). The highest BCUT2D eigenvalue weighted by Gasteiger charge is 2.30. The number of alkyl halides is 1. The Kier molecular flexibility index (Phi) is 5.57. The summed E-state index contributed by atoms with van der Waals surface area (Å²) in [5.74, 6) is -2.46. The van der Waals surface area contributed by atoms with Gasteiger partial charge in [-0.1, -0.05) is 12.2 Å². The molecule has 0 aromatic rings. The lowest BCUT2D eigenvalue weighted by atomic mass is 9.91. The van der Waals surface area contributed by atoms with E-state index >= 15 is 0 Å². The highest BCUT2D eigenvalue weighted by Crippen LogP contribution is 2.19. The SMILES string of the molecule is COC(=O)C1=CC(NC(=O)CCl)C(C(=O)OC)C=C1. The first kappa shape index (κ1) is 15.2. The molecule has 2 atom stereocenters. The van der Waals surface area contributed by atoms with Gasteiger partial charge in [-0.05, 0) is 6.08 Å². The van der Waals surface area contributed by atoms with Gasteiger partial charge in [0.05, 0.1) is 31.8 Å². The highest BCUT2D eigenvalue weighted by atomic mass is 35.5. The van der Waals surface area contributed by atoms with Crippen molar-refractivity contribution >= 4 is 29.4 Å². The van der Waals surface area contributed by atoms with Crippen molar-refractivity contribution in [2.45, 2.75) is 6.04 Å². The number of nitrogens with one attached hydrogen (secondary N) is 1. The summed E-state index contributed by atoms with van der Waals surface area (Å²) in [7, 11) is 2.49. The standard InChI is InChI=1S/C12H14ClNO5/c1-18-11(16)7-3-4-8(12(17)19-2)9(5-7)14-10(15)6-13/h3-5,8-9H,6H2,1-2H3,(H,14,15). The summed E-state index contributed by atoms with van der Waals surface area (Å²) < 4.78 is 9.22. The van der Waals surface area contributed by atoms with Gasteiger partial charge in [-0.15, -0.1) is 11.6 Å². The second kappa shape index (κ2) is 6.94. The average Bonchev–Trinajstić information content (AvgIpc) is 2.45. The Hall–Kier alpha value is -1.82. The van der Waals surface area contributed by atoms with E-state index in [4.69, 9.17) is 11.6 Å². The minimum atomic E-state index is -0.703. The molecule has 6 nitrogen and oxygen atoms in total. The topological polar surface area (TPSA) is 81.7 Å². The van der Waals surface area contributed by atoms with Gasteiger partial charge in [-0.25, -0.2) is 4.79 Å². The fourth-order valence-electron chi connectivity index (χ4n) is 1.65. The summed E-state index contributed by atoms with van der Waals surface area (Å²) >= 11 is 5.40. The van der Waals surface area contributed by atoms with Gasteiger partial charge < -0.3 is 14.8 Å². The van der Waals surface area contributed by atoms with Crippen LogP contribution in [0, 0.1) is 5.92 Å². The van der Waals surface area contributed by atoms with Gasteiger partial charge in [-0.2, -0.15) is 0 Å². The molecule has 0 aromatic carbocycles. The summed E-state index contributed by atoms with van der Waals surface area (Å²) in [6.07, 6.45) is 4.38. The first-order chi connectivity index (χ1) is 9.03. The molecule has 0 aliphatic heterocycles. The molecule has 0 saturated carbocycles. The van der Waals surface area contributed by atoms with Gasteiger partial charge in [-0.3, -0.25) is 9.59 Å². The minimum Gasteiger partial charge on any atom is -0.468 e. The van der Waals surface area contributed by atoms with Crippen LogP contribution in [0.15, 0.2) is 23.8 Å². The largest absolute Gasteiger partial charge is 0.468 e. The molecule has 0 bridgehead atoms. The lowest BCUT2D eigenvalue weighted by Gasteiger charge is -2.24. The van der Waals surface area contributed by atoms with Crippen LogP contribution in [0.25, 0.3) is 0 Å². The van der Waals surface area contributed by atoms with E-state index in [0.717, 1.165) is 0 Å². The normalized spacial score (nSPS) is 21.3. The number of hydrogen-bond donors (Lipinski definition) is 1. The van der Waals surface area contributed by atoms with Crippen LogP contribution in [0.2, 0.25) is 0 Å². The molecule has 1 N–H and O–H groups in total. The summed E-state index contributed by atoms with van der Waals surface area (Å²) in [6.45, 7) is 0. The number of halogens is 1. The average molecular weight is 288 g/mol. The minimum absolute atomic E-state index is 0.241. The zero-order valence-electron chi connectivity index (χ0n) is 10.5. The van der Waals surface area contributed by atoms with Gasteiger partial charge in [0.1, 0.15) is 5.88 Å². The Morgan fingerprint density at radius 3 is 2.53 bits per heavy atom. The maximum atomic E-state index is 11.6. The molecule has 7 heteroatoms.